The minimum atomic E-state index is -1.06. The molecule has 3 N–H and O–H groups in total. The highest BCUT2D eigenvalue weighted by molar-refractivity contribution is 5.83. The van der Waals surface area contributed by atoms with E-state index in [4.69, 9.17) is 0 Å². The molecule has 5 heteroatoms. The third-order valence-corrected chi connectivity index (χ3v) is 4.08. The van der Waals surface area contributed by atoms with Gasteiger partial charge in [0, 0.05) is 6.04 Å². The number of carbonyl (C=O) groups excluding carboxylic acids is 1. The molecule has 114 valence electrons. The van der Waals surface area contributed by atoms with Crippen molar-refractivity contribution >= 4 is 12.0 Å². The molecule has 1 saturated carbocycles. The molecule has 0 bridgehead atoms. The van der Waals surface area contributed by atoms with Gasteiger partial charge < -0.3 is 15.7 Å². The number of aliphatic carboxylic acids is 1. The second-order valence-electron chi connectivity index (χ2n) is 5.67. The van der Waals surface area contributed by atoms with Crippen molar-refractivity contribution in [2.45, 2.75) is 44.7 Å². The van der Waals surface area contributed by atoms with E-state index in [9.17, 15) is 14.7 Å². The lowest BCUT2D eigenvalue weighted by Crippen LogP contribution is -2.48. The van der Waals surface area contributed by atoms with Crippen molar-refractivity contribution in [3.8, 4) is 0 Å². The van der Waals surface area contributed by atoms with Crippen LogP contribution in [0.3, 0.4) is 0 Å². The highest BCUT2D eigenvalue weighted by atomic mass is 16.4. The van der Waals surface area contributed by atoms with Crippen LogP contribution in [0.1, 0.15) is 44.2 Å². The second kappa shape index (κ2) is 7.11. The largest absolute Gasteiger partial charge is 0.479 e. The Hall–Kier alpha value is -2.04. The van der Waals surface area contributed by atoms with Gasteiger partial charge in [0.1, 0.15) is 0 Å². The second-order valence-corrected chi connectivity index (χ2v) is 5.67. The normalized spacial score (nSPS) is 23.1. The summed E-state index contributed by atoms with van der Waals surface area (Å²) in [5.41, 5.74) is 0.567. The molecule has 0 saturated heterocycles. The average molecular weight is 290 g/mol. The predicted octanol–water partition coefficient (Wildman–Crippen LogP) is 2.69. The van der Waals surface area contributed by atoms with Gasteiger partial charge >= 0.3 is 12.0 Å². The van der Waals surface area contributed by atoms with Crippen LogP contribution in [-0.4, -0.2) is 23.1 Å². The minimum Gasteiger partial charge on any atom is -0.479 e. The van der Waals surface area contributed by atoms with Crippen LogP contribution >= 0.6 is 0 Å². The van der Waals surface area contributed by atoms with Gasteiger partial charge in [-0.25, -0.2) is 9.59 Å². The van der Waals surface area contributed by atoms with Gasteiger partial charge in [0.2, 0.25) is 0 Å². The van der Waals surface area contributed by atoms with Crippen LogP contribution < -0.4 is 10.6 Å². The number of amides is 2. The molecule has 1 fully saturated rings. The summed E-state index contributed by atoms with van der Waals surface area (Å²) in [4.78, 5) is 23.4. The van der Waals surface area contributed by atoms with Crippen LogP contribution in [0.4, 0.5) is 4.79 Å². The maximum absolute atomic E-state index is 12.1. The van der Waals surface area contributed by atoms with Crippen LogP contribution in [0.25, 0.3) is 0 Å². The monoisotopic (exact) mass is 290 g/mol. The molecule has 0 aliphatic heterocycles. The smallest absolute Gasteiger partial charge is 0.330 e. The summed E-state index contributed by atoms with van der Waals surface area (Å²) in [6.45, 7) is 2.12. The Morgan fingerprint density at radius 2 is 1.86 bits per heavy atom. The van der Waals surface area contributed by atoms with E-state index >= 15 is 0 Å². The Kier molecular flexibility index (Phi) is 5.20. The Balaban J connectivity index is 1.97. The van der Waals surface area contributed by atoms with Crippen molar-refractivity contribution < 1.29 is 14.7 Å². The number of urea groups is 1. The molecule has 0 spiro atoms. The van der Waals surface area contributed by atoms with Crippen LogP contribution in [0, 0.1) is 5.92 Å². The van der Waals surface area contributed by atoms with Gasteiger partial charge in [0.15, 0.2) is 6.04 Å². The van der Waals surface area contributed by atoms with Crippen molar-refractivity contribution in [1.82, 2.24) is 10.6 Å². The minimum absolute atomic E-state index is 0.129. The van der Waals surface area contributed by atoms with E-state index in [0.717, 1.165) is 19.3 Å². The molecule has 1 aromatic rings. The quantitative estimate of drug-likeness (QED) is 0.797. The van der Waals surface area contributed by atoms with Gasteiger partial charge in [-0.2, -0.15) is 0 Å². The molecule has 21 heavy (non-hydrogen) atoms. The molecule has 0 radical (unpaired) electrons. The summed E-state index contributed by atoms with van der Waals surface area (Å²) in [5.74, 6) is -0.627. The standard InChI is InChI=1S/C16H22N2O3/c1-11-7-5-6-10-13(11)17-16(21)18-14(15(19)20)12-8-3-2-4-9-12/h2-4,8-9,11,13-14H,5-7,10H2,1H3,(H,19,20)(H2,17,18,21)/t11?,13?,14-/m1/s1. The lowest BCUT2D eigenvalue weighted by Gasteiger charge is -2.30. The van der Waals surface area contributed by atoms with E-state index in [-0.39, 0.29) is 6.04 Å². The Morgan fingerprint density at radius 1 is 1.19 bits per heavy atom. The molecule has 2 unspecified atom stereocenters. The van der Waals surface area contributed by atoms with E-state index in [1.807, 2.05) is 6.07 Å². The molecule has 2 rings (SSSR count). The van der Waals surface area contributed by atoms with E-state index in [1.165, 1.54) is 6.42 Å². The van der Waals surface area contributed by atoms with Gasteiger partial charge in [0.25, 0.3) is 0 Å². The van der Waals surface area contributed by atoms with Crippen molar-refractivity contribution in [3.05, 3.63) is 35.9 Å². The van der Waals surface area contributed by atoms with E-state index < -0.39 is 18.0 Å². The Morgan fingerprint density at radius 3 is 2.48 bits per heavy atom. The van der Waals surface area contributed by atoms with Crippen LogP contribution in [-0.2, 0) is 4.79 Å². The first kappa shape index (κ1) is 15.4. The van der Waals surface area contributed by atoms with Crippen molar-refractivity contribution in [2.24, 2.45) is 5.92 Å². The molecule has 1 aromatic carbocycles. The van der Waals surface area contributed by atoms with Crippen LogP contribution in [0.2, 0.25) is 0 Å². The Labute approximate surface area is 124 Å². The van der Waals surface area contributed by atoms with E-state index in [1.54, 1.807) is 24.3 Å². The van der Waals surface area contributed by atoms with Gasteiger partial charge in [-0.3, -0.25) is 0 Å². The van der Waals surface area contributed by atoms with E-state index in [0.29, 0.717) is 11.5 Å². The first-order valence-electron chi connectivity index (χ1n) is 7.42. The zero-order valence-corrected chi connectivity index (χ0v) is 12.2. The van der Waals surface area contributed by atoms with Gasteiger partial charge in [-0.1, -0.05) is 50.1 Å². The van der Waals surface area contributed by atoms with E-state index in [2.05, 4.69) is 17.6 Å². The summed E-state index contributed by atoms with van der Waals surface area (Å²) in [6, 6.07) is 7.41. The number of rotatable bonds is 4. The van der Waals surface area contributed by atoms with Crippen molar-refractivity contribution in [3.63, 3.8) is 0 Å². The molecule has 5 nitrogen and oxygen atoms in total. The molecule has 0 heterocycles. The first-order valence-corrected chi connectivity index (χ1v) is 7.42. The fourth-order valence-electron chi connectivity index (χ4n) is 2.80. The lowest BCUT2D eigenvalue weighted by atomic mass is 9.86. The third-order valence-electron chi connectivity index (χ3n) is 4.08. The third kappa shape index (κ3) is 4.21. The summed E-state index contributed by atoms with van der Waals surface area (Å²) < 4.78 is 0. The molecule has 2 amide bonds. The number of nitrogens with one attached hydrogen (secondary N) is 2. The molecular weight excluding hydrogens is 268 g/mol. The zero-order valence-electron chi connectivity index (χ0n) is 12.2. The number of carbonyl (C=O) groups is 2. The molecule has 1 aliphatic carbocycles. The summed E-state index contributed by atoms with van der Waals surface area (Å²) in [6.07, 6.45) is 4.36. The van der Waals surface area contributed by atoms with Gasteiger partial charge in [0.05, 0.1) is 0 Å². The van der Waals surface area contributed by atoms with Crippen LogP contribution in [0.5, 0.6) is 0 Å². The maximum Gasteiger partial charge on any atom is 0.330 e. The van der Waals surface area contributed by atoms with Crippen molar-refractivity contribution in [1.29, 1.82) is 0 Å². The number of benzene rings is 1. The summed E-state index contributed by atoms with van der Waals surface area (Å²) in [5, 5.41) is 14.8. The average Bonchev–Trinajstić information content (AvgIpc) is 2.48. The van der Waals surface area contributed by atoms with Gasteiger partial charge in [-0.15, -0.1) is 0 Å². The fourth-order valence-corrected chi connectivity index (χ4v) is 2.80. The molecule has 3 atom stereocenters. The lowest BCUT2D eigenvalue weighted by molar-refractivity contribution is -0.139. The maximum atomic E-state index is 12.1. The summed E-state index contributed by atoms with van der Waals surface area (Å²) in [7, 11) is 0. The fraction of sp³-hybridized carbons (Fsp3) is 0.500. The topological polar surface area (TPSA) is 78.4 Å². The number of hydrogen-bond donors (Lipinski definition) is 3. The van der Waals surface area contributed by atoms with Crippen molar-refractivity contribution in [2.75, 3.05) is 0 Å². The highest BCUT2D eigenvalue weighted by Gasteiger charge is 2.26. The van der Waals surface area contributed by atoms with Gasteiger partial charge in [-0.05, 0) is 24.3 Å². The van der Waals surface area contributed by atoms with Crippen LogP contribution in [0.15, 0.2) is 30.3 Å². The SMILES string of the molecule is CC1CCCCC1NC(=O)N[C@@H](C(=O)O)c1ccccc1. The Bertz CT molecular complexity index is 490. The zero-order chi connectivity index (χ0) is 15.2. The molecule has 1 aliphatic rings. The number of hydrogen-bond acceptors (Lipinski definition) is 2. The summed E-state index contributed by atoms with van der Waals surface area (Å²) >= 11 is 0. The predicted molar refractivity (Wildman–Crippen MR) is 79.9 cm³/mol. The molecule has 0 aromatic heterocycles. The number of carboxylic acids is 1. The number of carboxylic acid groups (broad SMARTS) is 1. The molecular formula is C16H22N2O3. The first-order chi connectivity index (χ1) is 10.1. The highest BCUT2D eigenvalue weighted by Crippen LogP contribution is 2.23.